The van der Waals surface area contributed by atoms with Gasteiger partial charge in [0.15, 0.2) is 0 Å². The third-order valence-corrected chi connectivity index (χ3v) is 6.20. The summed E-state index contributed by atoms with van der Waals surface area (Å²) in [6.07, 6.45) is 7.20. The number of hydrogen-bond donors (Lipinski definition) is 3. The molecule has 1 heterocycles. The van der Waals surface area contributed by atoms with Crippen LogP contribution in [0.4, 0.5) is 5.69 Å². The molecule has 33 heavy (non-hydrogen) atoms. The number of H-pyrrole nitrogens is 1. The molecule has 0 atom stereocenters. The molecule has 1 aromatic carbocycles. The lowest BCUT2D eigenvalue weighted by Crippen LogP contribution is -2.29. The van der Waals surface area contributed by atoms with Crippen molar-refractivity contribution in [1.82, 2.24) is 20.0 Å². The van der Waals surface area contributed by atoms with Gasteiger partial charge in [-0.25, -0.2) is 0 Å². The highest BCUT2D eigenvalue weighted by Gasteiger charge is 2.17. The minimum absolute atomic E-state index is 0.106. The summed E-state index contributed by atoms with van der Waals surface area (Å²) in [5, 5.41) is 8.71. The van der Waals surface area contributed by atoms with Gasteiger partial charge in [0.25, 0.3) is 11.5 Å². The highest BCUT2D eigenvalue weighted by molar-refractivity contribution is 5.97. The highest BCUT2D eigenvalue weighted by atomic mass is 16.5. The first kappa shape index (κ1) is 26.5. The maximum atomic E-state index is 12.5. The van der Waals surface area contributed by atoms with Gasteiger partial charge in [-0.2, -0.15) is 0 Å². The van der Waals surface area contributed by atoms with Crippen LogP contribution >= 0.6 is 0 Å². The number of benzene rings is 1. The van der Waals surface area contributed by atoms with E-state index in [0.29, 0.717) is 23.6 Å². The number of carbonyl (C=O) groups is 1. The molecule has 1 saturated carbocycles. The minimum atomic E-state index is -0.257. The minimum Gasteiger partial charge on any atom is -0.481 e. The van der Waals surface area contributed by atoms with Crippen molar-refractivity contribution in [1.29, 1.82) is 0 Å². The van der Waals surface area contributed by atoms with Gasteiger partial charge in [-0.05, 0) is 65.4 Å². The van der Waals surface area contributed by atoms with E-state index < -0.39 is 0 Å². The van der Waals surface area contributed by atoms with Crippen molar-refractivity contribution in [3.8, 4) is 5.88 Å². The Hall–Kier alpha value is -2.74. The van der Waals surface area contributed by atoms with E-state index in [1.807, 2.05) is 32.9 Å². The summed E-state index contributed by atoms with van der Waals surface area (Å²) in [7, 11) is 5.89. The predicted octanol–water partition coefficient (Wildman–Crippen LogP) is 3.76. The maximum absolute atomic E-state index is 12.5. The third kappa shape index (κ3) is 7.12. The van der Waals surface area contributed by atoms with Gasteiger partial charge in [-0.1, -0.05) is 25.3 Å². The van der Waals surface area contributed by atoms with Gasteiger partial charge >= 0.3 is 0 Å². The number of anilines is 1. The fraction of sp³-hybridized carbons (Fsp3) is 0.600. The monoisotopic (exact) mass is 459 g/mol. The molecular formula is C25H41N5O3. The molecule has 0 spiro atoms. The number of nitrogens with one attached hydrogen (secondary N) is 3. The van der Waals surface area contributed by atoms with Crippen molar-refractivity contribution in [2.24, 2.45) is 0 Å². The molecule has 3 N–H and O–H groups in total. The number of aryl methyl sites for hydroxylation is 1. The zero-order valence-electron chi connectivity index (χ0n) is 21.1. The van der Waals surface area contributed by atoms with Crippen molar-refractivity contribution in [2.75, 3.05) is 33.1 Å². The largest absolute Gasteiger partial charge is 0.481 e. The molecule has 1 fully saturated rings. The van der Waals surface area contributed by atoms with Gasteiger partial charge in [0.2, 0.25) is 5.88 Å². The second-order valence-corrected chi connectivity index (χ2v) is 8.62. The first-order valence-electron chi connectivity index (χ1n) is 12.0. The molecule has 0 unspecified atom stereocenters. The summed E-state index contributed by atoms with van der Waals surface area (Å²) in [6, 6.07) is 6.43. The lowest BCUT2D eigenvalue weighted by molar-refractivity contribution is 0.0950. The number of nitrogens with zero attached hydrogens (tertiary/aromatic N) is 2. The quantitative estimate of drug-likeness (QED) is 0.559. The summed E-state index contributed by atoms with van der Waals surface area (Å²) in [6.45, 7) is 7.27. The van der Waals surface area contributed by atoms with E-state index in [-0.39, 0.29) is 18.0 Å². The summed E-state index contributed by atoms with van der Waals surface area (Å²) in [5.41, 5.74) is 2.54. The fourth-order valence-corrected chi connectivity index (χ4v) is 4.24. The van der Waals surface area contributed by atoms with E-state index in [9.17, 15) is 9.59 Å². The first-order chi connectivity index (χ1) is 15.8. The lowest BCUT2D eigenvalue weighted by atomic mass is 9.95. The second kappa shape index (κ2) is 13.1. The molecule has 184 valence electrons. The molecule has 8 heteroatoms. The van der Waals surface area contributed by atoms with Gasteiger partial charge in [0.1, 0.15) is 0 Å². The number of hydrogen-bond acceptors (Lipinski definition) is 5. The second-order valence-electron chi connectivity index (χ2n) is 8.62. The van der Waals surface area contributed by atoms with Crippen LogP contribution in [-0.4, -0.2) is 54.4 Å². The summed E-state index contributed by atoms with van der Waals surface area (Å²) in [5.74, 6) is 0.221. The Labute approximate surface area is 197 Å². The summed E-state index contributed by atoms with van der Waals surface area (Å²) in [4.78, 5) is 26.9. The number of aromatic amines is 1. The molecular weight excluding hydrogens is 418 g/mol. The van der Waals surface area contributed by atoms with Crippen LogP contribution < -0.4 is 20.9 Å². The molecule has 1 amide bonds. The van der Waals surface area contributed by atoms with Gasteiger partial charge in [-0.3, -0.25) is 19.4 Å². The molecule has 1 aliphatic carbocycles. The Morgan fingerprint density at radius 2 is 1.91 bits per heavy atom. The predicted molar refractivity (Wildman–Crippen MR) is 134 cm³/mol. The zero-order valence-corrected chi connectivity index (χ0v) is 21.1. The van der Waals surface area contributed by atoms with Gasteiger partial charge in [-0.15, -0.1) is 0 Å². The number of ether oxygens (including phenoxy) is 1. The van der Waals surface area contributed by atoms with Crippen LogP contribution in [0.2, 0.25) is 0 Å². The van der Waals surface area contributed by atoms with Crippen LogP contribution in [0.5, 0.6) is 5.88 Å². The normalized spacial score (nSPS) is 13.9. The van der Waals surface area contributed by atoms with Crippen molar-refractivity contribution in [2.45, 2.75) is 72.0 Å². The zero-order chi connectivity index (χ0) is 24.4. The van der Waals surface area contributed by atoms with Crippen LogP contribution in [0.1, 0.15) is 67.4 Å². The average molecular weight is 460 g/mol. The molecule has 0 radical (unpaired) electrons. The molecule has 0 bridgehead atoms. The van der Waals surface area contributed by atoms with Crippen molar-refractivity contribution >= 4 is 11.6 Å². The molecule has 2 aromatic rings. The van der Waals surface area contributed by atoms with E-state index in [0.717, 1.165) is 23.8 Å². The maximum Gasteiger partial charge on any atom is 0.273 e. The summed E-state index contributed by atoms with van der Waals surface area (Å²) >= 11 is 0. The van der Waals surface area contributed by atoms with Crippen LogP contribution in [0.3, 0.4) is 0 Å². The van der Waals surface area contributed by atoms with E-state index in [1.165, 1.54) is 39.2 Å². The Morgan fingerprint density at radius 3 is 2.45 bits per heavy atom. The van der Waals surface area contributed by atoms with Gasteiger partial charge < -0.3 is 20.3 Å². The standard InChI is InChI=1S/C17H24N4O3.C8H17N/c1-5-18-14-9-7-8-12(11(14)3)15(22)19-10-13-16(23)20-21(6-2)17(13)24-4;1-9(2)8-6-4-3-5-7-8/h7-9,18H,5-6,10H2,1-4H3,(H,19,22)(H,20,23);8H,3-7H2,1-2H3. The lowest BCUT2D eigenvalue weighted by Gasteiger charge is -2.27. The van der Waals surface area contributed by atoms with Crippen LogP contribution in [-0.2, 0) is 13.1 Å². The molecule has 1 aliphatic rings. The highest BCUT2D eigenvalue weighted by Crippen LogP contribution is 2.21. The topological polar surface area (TPSA) is 91.4 Å². The Bertz CT molecular complexity index is 942. The van der Waals surface area contributed by atoms with Crippen LogP contribution in [0.15, 0.2) is 23.0 Å². The number of carbonyl (C=O) groups excluding carboxylic acids is 1. The smallest absolute Gasteiger partial charge is 0.273 e. The number of amides is 1. The number of methoxy groups -OCH3 is 1. The number of aromatic nitrogens is 2. The summed E-state index contributed by atoms with van der Waals surface area (Å²) < 4.78 is 6.88. The Kier molecular flexibility index (Phi) is 10.5. The van der Waals surface area contributed by atoms with E-state index in [1.54, 1.807) is 10.7 Å². The first-order valence-corrected chi connectivity index (χ1v) is 12.0. The Balaban J connectivity index is 0.000000357. The van der Waals surface area contributed by atoms with Crippen molar-refractivity contribution in [3.05, 3.63) is 45.2 Å². The van der Waals surface area contributed by atoms with Gasteiger partial charge in [0, 0.05) is 30.4 Å². The van der Waals surface area contributed by atoms with Crippen molar-refractivity contribution in [3.63, 3.8) is 0 Å². The van der Waals surface area contributed by atoms with Crippen LogP contribution in [0, 0.1) is 6.92 Å². The molecule has 0 aliphatic heterocycles. The molecule has 0 saturated heterocycles. The molecule has 1 aromatic heterocycles. The van der Waals surface area contributed by atoms with Crippen LogP contribution in [0.25, 0.3) is 0 Å². The third-order valence-electron chi connectivity index (χ3n) is 6.20. The average Bonchev–Trinajstić information content (AvgIpc) is 3.14. The van der Waals surface area contributed by atoms with Gasteiger partial charge in [0.05, 0.1) is 19.2 Å². The SMILES string of the molecule is CCNc1cccc(C(=O)NCc2c(OC)n(CC)[nH]c2=O)c1C.CN(C)C1CCCCC1. The van der Waals surface area contributed by atoms with E-state index in [2.05, 4.69) is 34.7 Å². The van der Waals surface area contributed by atoms with Crippen molar-refractivity contribution < 1.29 is 9.53 Å². The van der Waals surface area contributed by atoms with E-state index >= 15 is 0 Å². The van der Waals surface area contributed by atoms with E-state index in [4.69, 9.17) is 4.74 Å². The number of rotatable bonds is 8. The fourth-order valence-electron chi connectivity index (χ4n) is 4.24. The molecule has 8 nitrogen and oxygen atoms in total. The Morgan fingerprint density at radius 1 is 1.21 bits per heavy atom. The molecule has 3 rings (SSSR count).